The molecule has 1 fully saturated rings. The van der Waals surface area contributed by atoms with Crippen molar-refractivity contribution in [1.82, 2.24) is 5.32 Å². The summed E-state index contributed by atoms with van der Waals surface area (Å²) >= 11 is 0. The summed E-state index contributed by atoms with van der Waals surface area (Å²) in [7, 11) is 0. The van der Waals surface area contributed by atoms with E-state index in [4.69, 9.17) is 4.99 Å². The second-order valence-corrected chi connectivity index (χ2v) is 6.69. The Balaban J connectivity index is 1.97. The van der Waals surface area contributed by atoms with Gasteiger partial charge in [-0.25, -0.2) is 0 Å². The molecular formula is C20H23F3N4. The van der Waals surface area contributed by atoms with Gasteiger partial charge in [-0.2, -0.15) is 13.2 Å². The van der Waals surface area contributed by atoms with Crippen LogP contribution in [0.5, 0.6) is 0 Å². The SMILES string of the molecule is C=C/C=C(\C=C)CN=C1Nc2ccc(C(F)(F)F)cc2NC12CCNCC2. The summed E-state index contributed by atoms with van der Waals surface area (Å²) in [4.78, 5) is 4.73. The predicted molar refractivity (Wildman–Crippen MR) is 104 cm³/mol. The van der Waals surface area contributed by atoms with Gasteiger partial charge in [0.05, 0.1) is 29.0 Å². The van der Waals surface area contributed by atoms with E-state index in [1.807, 2.05) is 6.08 Å². The van der Waals surface area contributed by atoms with Crippen molar-refractivity contribution >= 4 is 17.2 Å². The Hall–Kier alpha value is -2.54. The smallest absolute Gasteiger partial charge is 0.371 e. The molecule has 1 aromatic carbocycles. The van der Waals surface area contributed by atoms with Crippen molar-refractivity contribution in [3.8, 4) is 0 Å². The van der Waals surface area contributed by atoms with E-state index in [1.165, 1.54) is 6.07 Å². The monoisotopic (exact) mass is 376 g/mol. The van der Waals surface area contributed by atoms with Crippen LogP contribution < -0.4 is 16.0 Å². The van der Waals surface area contributed by atoms with Gasteiger partial charge in [0.25, 0.3) is 0 Å². The van der Waals surface area contributed by atoms with Gasteiger partial charge < -0.3 is 16.0 Å². The normalized spacial score (nSPS) is 20.6. The third-order valence-electron chi connectivity index (χ3n) is 4.90. The fourth-order valence-corrected chi connectivity index (χ4v) is 3.41. The Labute approximate surface area is 157 Å². The molecule has 3 N–H and O–H groups in total. The number of aliphatic imine (C=N–C) groups is 1. The standard InChI is InChI=1S/C20H23F3N4/c1-3-5-14(4-2)13-25-18-19(8-10-24-11-9-19)27-17-12-15(20(21,22)23)6-7-16(17)26-18/h3-7,12,24,27H,1-2,8-11,13H2,(H,25,26)/b14-5+. The molecule has 0 atom stereocenters. The number of hydrogen-bond acceptors (Lipinski definition) is 3. The lowest BCUT2D eigenvalue weighted by molar-refractivity contribution is -0.137. The first-order valence-corrected chi connectivity index (χ1v) is 8.84. The Morgan fingerprint density at radius 3 is 2.56 bits per heavy atom. The highest BCUT2D eigenvalue weighted by molar-refractivity contribution is 6.09. The summed E-state index contributed by atoms with van der Waals surface area (Å²) < 4.78 is 39.3. The maximum Gasteiger partial charge on any atom is 0.416 e. The minimum atomic E-state index is -4.37. The molecule has 0 amide bonds. The van der Waals surface area contributed by atoms with Gasteiger partial charge >= 0.3 is 6.18 Å². The van der Waals surface area contributed by atoms with Gasteiger partial charge in [-0.05, 0) is 49.7 Å². The molecule has 0 bridgehead atoms. The number of halogens is 3. The number of alkyl halides is 3. The van der Waals surface area contributed by atoms with Crippen LogP contribution in [0.1, 0.15) is 18.4 Å². The molecule has 2 aliphatic heterocycles. The van der Waals surface area contributed by atoms with Gasteiger partial charge in [0, 0.05) is 0 Å². The maximum absolute atomic E-state index is 13.1. The number of anilines is 2. The van der Waals surface area contributed by atoms with E-state index in [0.29, 0.717) is 17.9 Å². The first kappa shape index (κ1) is 19.2. The summed E-state index contributed by atoms with van der Waals surface area (Å²) in [6.45, 7) is 9.41. The van der Waals surface area contributed by atoms with Gasteiger partial charge in [0.1, 0.15) is 5.84 Å². The second kappa shape index (κ2) is 7.60. The molecule has 27 heavy (non-hydrogen) atoms. The topological polar surface area (TPSA) is 48.5 Å². The summed E-state index contributed by atoms with van der Waals surface area (Å²) in [5.41, 5.74) is 0.794. The summed E-state index contributed by atoms with van der Waals surface area (Å²) in [5.74, 6) is 0.744. The molecule has 1 aromatic rings. The highest BCUT2D eigenvalue weighted by Gasteiger charge is 2.42. The number of rotatable bonds is 4. The molecule has 4 nitrogen and oxygen atoms in total. The van der Waals surface area contributed by atoms with Gasteiger partial charge in [0.15, 0.2) is 0 Å². The number of fused-ring (bicyclic) bond motifs is 1. The van der Waals surface area contributed by atoms with Gasteiger partial charge in [0.2, 0.25) is 0 Å². The molecule has 1 spiro atoms. The molecule has 0 saturated carbocycles. The van der Waals surface area contributed by atoms with Crippen molar-refractivity contribution in [2.75, 3.05) is 30.3 Å². The molecule has 7 heteroatoms. The predicted octanol–water partition coefficient (Wildman–Crippen LogP) is 4.36. The van der Waals surface area contributed by atoms with Gasteiger partial charge in [-0.15, -0.1) is 0 Å². The summed E-state index contributed by atoms with van der Waals surface area (Å²) in [6.07, 6.45) is 2.32. The minimum Gasteiger partial charge on any atom is -0.371 e. The lowest BCUT2D eigenvalue weighted by Crippen LogP contribution is -2.58. The molecule has 1 saturated heterocycles. The zero-order valence-electron chi connectivity index (χ0n) is 15.0. The molecule has 0 aliphatic carbocycles. The van der Waals surface area contributed by atoms with E-state index >= 15 is 0 Å². The van der Waals surface area contributed by atoms with Crippen LogP contribution in [-0.2, 0) is 6.18 Å². The number of allylic oxidation sites excluding steroid dienone is 2. The third kappa shape index (κ3) is 4.08. The quantitative estimate of drug-likeness (QED) is 0.685. The fraction of sp³-hybridized carbons (Fsp3) is 0.350. The van der Waals surface area contributed by atoms with Crippen molar-refractivity contribution in [1.29, 1.82) is 0 Å². The van der Waals surface area contributed by atoms with E-state index in [2.05, 4.69) is 29.1 Å². The van der Waals surface area contributed by atoms with Crippen LogP contribution in [0.3, 0.4) is 0 Å². The maximum atomic E-state index is 13.1. The lowest BCUT2D eigenvalue weighted by Gasteiger charge is -2.44. The van der Waals surface area contributed by atoms with Crippen molar-refractivity contribution in [2.24, 2.45) is 4.99 Å². The molecule has 0 radical (unpaired) electrons. The third-order valence-corrected chi connectivity index (χ3v) is 4.90. The number of nitrogens with one attached hydrogen (secondary N) is 3. The highest BCUT2D eigenvalue weighted by atomic mass is 19.4. The lowest BCUT2D eigenvalue weighted by atomic mass is 9.84. The highest BCUT2D eigenvalue weighted by Crippen LogP contribution is 2.39. The Morgan fingerprint density at radius 2 is 1.93 bits per heavy atom. The molecule has 2 heterocycles. The molecule has 3 rings (SSSR count). The Kier molecular flexibility index (Phi) is 5.41. The number of nitrogens with zero attached hydrogens (tertiary/aromatic N) is 1. The van der Waals surface area contributed by atoms with Gasteiger partial charge in [-0.1, -0.05) is 31.4 Å². The Bertz CT molecular complexity index is 787. The van der Waals surface area contributed by atoms with Crippen molar-refractivity contribution in [3.05, 3.63) is 60.7 Å². The number of amidine groups is 1. The zero-order chi connectivity index (χ0) is 19.5. The van der Waals surface area contributed by atoms with E-state index in [0.717, 1.165) is 49.5 Å². The fourth-order valence-electron chi connectivity index (χ4n) is 3.41. The zero-order valence-corrected chi connectivity index (χ0v) is 15.0. The van der Waals surface area contributed by atoms with Crippen molar-refractivity contribution in [3.63, 3.8) is 0 Å². The van der Waals surface area contributed by atoms with Crippen molar-refractivity contribution in [2.45, 2.75) is 24.6 Å². The second-order valence-electron chi connectivity index (χ2n) is 6.69. The van der Waals surface area contributed by atoms with Crippen LogP contribution in [0.25, 0.3) is 0 Å². The molecule has 2 aliphatic rings. The first-order valence-electron chi connectivity index (χ1n) is 8.84. The van der Waals surface area contributed by atoms with E-state index < -0.39 is 17.3 Å². The van der Waals surface area contributed by atoms with Crippen LogP contribution >= 0.6 is 0 Å². The summed E-state index contributed by atoms with van der Waals surface area (Å²) in [6, 6.07) is 3.69. The Morgan fingerprint density at radius 1 is 1.19 bits per heavy atom. The number of benzene rings is 1. The molecular weight excluding hydrogens is 353 g/mol. The average molecular weight is 376 g/mol. The van der Waals surface area contributed by atoms with E-state index in [1.54, 1.807) is 12.2 Å². The van der Waals surface area contributed by atoms with Crippen molar-refractivity contribution < 1.29 is 13.2 Å². The first-order chi connectivity index (χ1) is 12.9. The molecule has 144 valence electrons. The molecule has 0 aromatic heterocycles. The minimum absolute atomic E-state index is 0.421. The van der Waals surface area contributed by atoms with E-state index in [-0.39, 0.29) is 0 Å². The number of hydrogen-bond donors (Lipinski definition) is 3. The number of piperidine rings is 1. The van der Waals surface area contributed by atoms with Crippen LogP contribution in [-0.4, -0.2) is 31.0 Å². The van der Waals surface area contributed by atoms with Crippen LogP contribution in [0.15, 0.2) is 60.2 Å². The average Bonchev–Trinajstić information content (AvgIpc) is 2.64. The summed E-state index contributed by atoms with van der Waals surface area (Å²) in [5, 5.41) is 9.90. The molecule has 0 unspecified atom stereocenters. The van der Waals surface area contributed by atoms with E-state index in [9.17, 15) is 13.2 Å². The van der Waals surface area contributed by atoms with Crippen LogP contribution in [0.4, 0.5) is 24.5 Å². The van der Waals surface area contributed by atoms with Gasteiger partial charge in [-0.3, -0.25) is 4.99 Å². The van der Waals surface area contributed by atoms with Crippen LogP contribution in [0.2, 0.25) is 0 Å². The largest absolute Gasteiger partial charge is 0.416 e. The van der Waals surface area contributed by atoms with Crippen LogP contribution in [0, 0.1) is 0 Å².